The largest absolute Gasteiger partial charge is 0.476 e. The summed E-state index contributed by atoms with van der Waals surface area (Å²) >= 11 is 0. The number of nitrogens with zero attached hydrogens (tertiary/aromatic N) is 2. The van der Waals surface area contributed by atoms with Gasteiger partial charge in [0.2, 0.25) is 5.75 Å². The Bertz CT molecular complexity index is 488. The summed E-state index contributed by atoms with van der Waals surface area (Å²) < 4.78 is 5.15. The molecule has 7 nitrogen and oxygen atoms in total. The van der Waals surface area contributed by atoms with Crippen LogP contribution in [0.15, 0.2) is 18.3 Å². The van der Waals surface area contributed by atoms with Gasteiger partial charge in [-0.3, -0.25) is 4.79 Å². The number of carbonyl (C=O) groups excluding carboxylic acids is 1. The van der Waals surface area contributed by atoms with Gasteiger partial charge in [-0.1, -0.05) is 0 Å². The molecule has 19 heavy (non-hydrogen) atoms. The fourth-order valence-electron chi connectivity index (χ4n) is 1.78. The second-order valence-electron chi connectivity index (χ2n) is 4.56. The first-order chi connectivity index (χ1) is 9.08. The number of nitro groups is 1. The first kappa shape index (κ1) is 13.3. The van der Waals surface area contributed by atoms with Gasteiger partial charge in [-0.25, -0.2) is 0 Å². The molecule has 1 saturated carbocycles. The summed E-state index contributed by atoms with van der Waals surface area (Å²) in [6.45, 7) is 1.70. The Morgan fingerprint density at radius 3 is 3.05 bits per heavy atom. The molecule has 1 heterocycles. The Balaban J connectivity index is 1.87. The predicted molar refractivity (Wildman–Crippen MR) is 66.7 cm³/mol. The minimum Gasteiger partial charge on any atom is -0.476 e. The second-order valence-corrected chi connectivity index (χ2v) is 4.56. The van der Waals surface area contributed by atoms with Gasteiger partial charge in [0.15, 0.2) is 6.61 Å². The van der Waals surface area contributed by atoms with E-state index in [4.69, 9.17) is 4.74 Å². The highest BCUT2D eigenvalue weighted by Gasteiger charge is 2.29. The molecular weight excluding hydrogens is 250 g/mol. The van der Waals surface area contributed by atoms with Crippen LogP contribution in [-0.2, 0) is 4.79 Å². The highest BCUT2D eigenvalue weighted by Crippen LogP contribution is 2.32. The van der Waals surface area contributed by atoms with Gasteiger partial charge in [-0.2, -0.15) is 0 Å². The molecule has 1 amide bonds. The summed E-state index contributed by atoms with van der Waals surface area (Å²) in [7, 11) is 0. The summed E-state index contributed by atoms with van der Waals surface area (Å²) in [5.74, 6) is -0.110. The van der Waals surface area contributed by atoms with Crippen molar-refractivity contribution in [3.8, 4) is 5.75 Å². The zero-order chi connectivity index (χ0) is 13.8. The van der Waals surface area contributed by atoms with Crippen LogP contribution in [0.1, 0.15) is 19.8 Å². The Hall–Kier alpha value is -2.18. The third kappa shape index (κ3) is 3.64. The number of hydrogen-bond donors (Lipinski definition) is 1. The number of nitrogens with one attached hydrogen (secondary N) is 1. The number of carbonyl (C=O) groups is 1. The van der Waals surface area contributed by atoms with Crippen molar-refractivity contribution in [2.45, 2.75) is 25.8 Å². The zero-order valence-electron chi connectivity index (χ0n) is 10.5. The fourth-order valence-corrected chi connectivity index (χ4v) is 1.78. The summed E-state index contributed by atoms with van der Waals surface area (Å²) in [5.41, 5.74) is 0. The summed E-state index contributed by atoms with van der Waals surface area (Å²) in [6, 6.07) is 3.07. The van der Waals surface area contributed by atoms with E-state index in [-0.39, 0.29) is 30.1 Å². The van der Waals surface area contributed by atoms with Crippen LogP contribution in [0, 0.1) is 16.0 Å². The van der Waals surface area contributed by atoms with E-state index >= 15 is 0 Å². The summed E-state index contributed by atoms with van der Waals surface area (Å²) in [4.78, 5) is 25.3. The molecule has 0 bridgehead atoms. The topological polar surface area (TPSA) is 94.4 Å². The van der Waals surface area contributed by atoms with Crippen molar-refractivity contribution in [3.63, 3.8) is 0 Å². The molecule has 0 aliphatic heterocycles. The van der Waals surface area contributed by atoms with E-state index in [9.17, 15) is 14.9 Å². The van der Waals surface area contributed by atoms with Gasteiger partial charge in [0, 0.05) is 6.04 Å². The lowest BCUT2D eigenvalue weighted by Gasteiger charge is -2.13. The van der Waals surface area contributed by atoms with E-state index in [1.165, 1.54) is 18.3 Å². The smallest absolute Gasteiger partial charge is 0.406 e. The molecule has 1 aromatic rings. The maximum Gasteiger partial charge on any atom is 0.406 e. The highest BCUT2D eigenvalue weighted by atomic mass is 16.6. The van der Waals surface area contributed by atoms with Crippen LogP contribution >= 0.6 is 0 Å². The molecule has 2 rings (SSSR count). The minimum atomic E-state index is -0.639. The molecule has 7 heteroatoms. The van der Waals surface area contributed by atoms with E-state index in [0.717, 1.165) is 12.8 Å². The average Bonchev–Trinajstić information content (AvgIpc) is 3.20. The fraction of sp³-hybridized carbons (Fsp3) is 0.500. The molecule has 1 aliphatic carbocycles. The van der Waals surface area contributed by atoms with Crippen LogP contribution in [0.5, 0.6) is 5.75 Å². The molecule has 0 unspecified atom stereocenters. The van der Waals surface area contributed by atoms with Crippen molar-refractivity contribution >= 4 is 11.7 Å². The quantitative estimate of drug-likeness (QED) is 0.617. The van der Waals surface area contributed by atoms with Gasteiger partial charge in [0.25, 0.3) is 5.91 Å². The van der Waals surface area contributed by atoms with E-state index < -0.39 is 4.92 Å². The number of rotatable bonds is 6. The minimum absolute atomic E-state index is 0.00160. The van der Waals surface area contributed by atoms with Crippen LogP contribution in [0.25, 0.3) is 0 Å². The molecule has 102 valence electrons. The van der Waals surface area contributed by atoms with Crippen molar-refractivity contribution < 1.29 is 14.5 Å². The van der Waals surface area contributed by atoms with Crippen molar-refractivity contribution in [1.29, 1.82) is 0 Å². The number of ether oxygens (including phenoxy) is 1. The Morgan fingerprint density at radius 1 is 1.68 bits per heavy atom. The van der Waals surface area contributed by atoms with E-state index in [0.29, 0.717) is 5.92 Å². The molecule has 0 aromatic carbocycles. The van der Waals surface area contributed by atoms with Crippen molar-refractivity contribution in [3.05, 3.63) is 28.4 Å². The molecular formula is C12H15N3O4. The molecule has 1 fully saturated rings. The average molecular weight is 265 g/mol. The summed E-state index contributed by atoms with van der Waals surface area (Å²) in [6.07, 6.45) is 3.58. The maximum absolute atomic E-state index is 11.6. The maximum atomic E-state index is 11.6. The lowest BCUT2D eigenvalue weighted by Crippen LogP contribution is -2.37. The van der Waals surface area contributed by atoms with Crippen LogP contribution in [-0.4, -0.2) is 28.5 Å². The van der Waals surface area contributed by atoms with Crippen molar-refractivity contribution in [2.24, 2.45) is 5.92 Å². The first-order valence-electron chi connectivity index (χ1n) is 6.09. The van der Waals surface area contributed by atoms with Crippen molar-refractivity contribution in [1.82, 2.24) is 10.3 Å². The van der Waals surface area contributed by atoms with Gasteiger partial charge >= 0.3 is 5.82 Å². The normalized spacial score (nSPS) is 15.6. The van der Waals surface area contributed by atoms with E-state index in [1.54, 1.807) is 0 Å². The van der Waals surface area contributed by atoms with Crippen LogP contribution in [0.4, 0.5) is 5.82 Å². The first-order valence-corrected chi connectivity index (χ1v) is 6.09. The Labute approximate surface area is 110 Å². The van der Waals surface area contributed by atoms with E-state index in [2.05, 4.69) is 10.3 Å². The van der Waals surface area contributed by atoms with Gasteiger partial charge < -0.3 is 20.2 Å². The second kappa shape index (κ2) is 5.64. The molecule has 1 N–H and O–H groups in total. The van der Waals surface area contributed by atoms with Gasteiger partial charge in [-0.05, 0) is 47.7 Å². The van der Waals surface area contributed by atoms with Gasteiger partial charge in [0.05, 0.1) is 0 Å². The number of pyridine rings is 1. The lowest BCUT2D eigenvalue weighted by molar-refractivity contribution is -0.390. The summed E-state index contributed by atoms with van der Waals surface area (Å²) in [5, 5.41) is 13.5. The number of amides is 1. The van der Waals surface area contributed by atoms with Gasteiger partial charge in [-0.15, -0.1) is 0 Å². The SMILES string of the molecule is C[C@@H](NC(=O)COc1cccnc1[N+](=O)[O-])C1CC1. The van der Waals surface area contributed by atoms with Crippen LogP contribution in [0.2, 0.25) is 0 Å². The monoisotopic (exact) mass is 265 g/mol. The Morgan fingerprint density at radius 2 is 2.42 bits per heavy atom. The molecule has 1 aliphatic rings. The Kier molecular flexibility index (Phi) is 3.94. The number of hydrogen-bond acceptors (Lipinski definition) is 5. The highest BCUT2D eigenvalue weighted by molar-refractivity contribution is 5.78. The predicted octanol–water partition coefficient (Wildman–Crippen LogP) is 1.28. The third-order valence-corrected chi connectivity index (χ3v) is 3.00. The van der Waals surface area contributed by atoms with Crippen LogP contribution < -0.4 is 10.1 Å². The molecule has 1 aromatic heterocycles. The van der Waals surface area contributed by atoms with Gasteiger partial charge in [0.1, 0.15) is 6.20 Å². The van der Waals surface area contributed by atoms with Crippen molar-refractivity contribution in [2.75, 3.05) is 6.61 Å². The standard InChI is InChI=1S/C12H15N3O4/c1-8(9-4-5-9)14-11(16)7-19-10-3-2-6-13-12(10)15(17)18/h2-3,6,8-9H,4-5,7H2,1H3,(H,14,16)/t8-/m1/s1. The number of aromatic nitrogens is 1. The molecule has 0 saturated heterocycles. The zero-order valence-corrected chi connectivity index (χ0v) is 10.5. The molecule has 0 radical (unpaired) electrons. The third-order valence-electron chi connectivity index (χ3n) is 3.00. The molecule has 0 spiro atoms. The van der Waals surface area contributed by atoms with Crippen LogP contribution in [0.3, 0.4) is 0 Å². The lowest BCUT2D eigenvalue weighted by atomic mass is 10.2. The van der Waals surface area contributed by atoms with E-state index in [1.807, 2.05) is 6.92 Å². The molecule has 1 atom stereocenters.